The number of rotatable bonds is 5. The monoisotopic (exact) mass is 391 g/mol. The molecule has 0 atom stereocenters. The number of pyridine rings is 1. The maximum atomic E-state index is 10.8. The highest BCUT2D eigenvalue weighted by Crippen LogP contribution is 2.32. The normalized spacial score (nSPS) is 10.9. The van der Waals surface area contributed by atoms with E-state index in [1.807, 2.05) is 60.6 Å². The molecule has 3 rings (SSSR count). The van der Waals surface area contributed by atoms with Crippen LogP contribution in [-0.4, -0.2) is 30.5 Å². The highest BCUT2D eigenvalue weighted by molar-refractivity contribution is 5.88. The highest BCUT2D eigenvalue weighted by Gasteiger charge is 2.24. The zero-order valence-corrected chi connectivity index (χ0v) is 18.7. The first-order chi connectivity index (χ1) is 13.7. The van der Waals surface area contributed by atoms with Crippen molar-refractivity contribution >= 4 is 23.7 Å². The van der Waals surface area contributed by atoms with Gasteiger partial charge in [0.1, 0.15) is 17.0 Å². The molecule has 0 saturated heterocycles. The smallest absolute Gasteiger partial charge is 0.293 e. The minimum absolute atomic E-state index is 0.335. The molecule has 0 N–H and O–H groups in total. The van der Waals surface area contributed by atoms with Crippen molar-refractivity contribution in [2.24, 2.45) is 0 Å². The van der Waals surface area contributed by atoms with Crippen LogP contribution in [0.5, 0.6) is 5.75 Å². The third-order valence-corrected chi connectivity index (χ3v) is 3.10. The minimum Gasteiger partial charge on any atom is -0.488 e. The van der Waals surface area contributed by atoms with E-state index in [0.29, 0.717) is 24.9 Å². The van der Waals surface area contributed by atoms with Crippen LogP contribution in [-0.2, 0) is 9.53 Å². The van der Waals surface area contributed by atoms with E-state index in [9.17, 15) is 9.59 Å². The van der Waals surface area contributed by atoms with Crippen LogP contribution in [0.2, 0.25) is 0 Å². The van der Waals surface area contributed by atoms with Crippen molar-refractivity contribution in [1.29, 1.82) is 0 Å². The summed E-state index contributed by atoms with van der Waals surface area (Å²) in [5.41, 5.74) is 2.38. The molecule has 1 aromatic carbocycles. The van der Waals surface area contributed by atoms with E-state index >= 15 is 0 Å². The lowest BCUT2D eigenvalue weighted by Crippen LogP contribution is -1.99. The first kappa shape index (κ1) is 27.8. The quantitative estimate of drug-likeness (QED) is 0.571. The fourth-order valence-corrected chi connectivity index (χ4v) is 1.95. The zero-order chi connectivity index (χ0) is 21.9. The third kappa shape index (κ3) is 10.7. The molecule has 1 heterocycles. The summed E-state index contributed by atoms with van der Waals surface area (Å²) in [5, 5.41) is 1.02. The molecule has 1 aliphatic carbocycles. The minimum atomic E-state index is 0.335. The number of ether oxygens (including phenoxy) is 2. The second-order valence-corrected chi connectivity index (χ2v) is 5.06. The molecule has 0 spiro atoms. The van der Waals surface area contributed by atoms with E-state index in [2.05, 4.69) is 15.8 Å². The Kier molecular flexibility index (Phi) is 17.8. The molecular weight excluding hydrogens is 354 g/mol. The van der Waals surface area contributed by atoms with Crippen molar-refractivity contribution in [2.75, 3.05) is 6.61 Å². The number of nitrogens with zero attached hydrogens (tertiary/aromatic N) is 1. The summed E-state index contributed by atoms with van der Waals surface area (Å²) in [6.45, 7) is 16.7. The molecule has 1 fully saturated rings. The molecular formula is C23H37NO4. The first-order valence-corrected chi connectivity index (χ1v) is 10.3. The van der Waals surface area contributed by atoms with Crippen molar-refractivity contribution < 1.29 is 19.1 Å². The first-order valence-electron chi connectivity index (χ1n) is 10.3. The standard InChI is InChI=1S/C14H13NO2.C3H6O2.3C2H6/c1-9-6-10-2-3-11(8-16)15-14(10)13(7-9)17-12-4-5-12;1-2-5-3-4;3*1-2/h2-3,6-8,12H,4-5H2,1H3;3H,2H2,1H3;3*1-2H3. The number of aromatic nitrogens is 1. The molecule has 0 bridgehead atoms. The van der Waals surface area contributed by atoms with Crippen molar-refractivity contribution in [3.63, 3.8) is 0 Å². The molecule has 0 amide bonds. The van der Waals surface area contributed by atoms with Gasteiger partial charge in [0.05, 0.1) is 12.7 Å². The molecule has 0 radical (unpaired) electrons. The Hall–Kier alpha value is -2.43. The lowest BCUT2D eigenvalue weighted by atomic mass is 10.1. The van der Waals surface area contributed by atoms with Gasteiger partial charge in [-0.3, -0.25) is 9.59 Å². The van der Waals surface area contributed by atoms with Crippen LogP contribution in [0.4, 0.5) is 0 Å². The topological polar surface area (TPSA) is 65.5 Å². The van der Waals surface area contributed by atoms with E-state index in [4.69, 9.17) is 4.74 Å². The van der Waals surface area contributed by atoms with E-state index in [1.54, 1.807) is 13.0 Å². The predicted molar refractivity (Wildman–Crippen MR) is 117 cm³/mol. The summed E-state index contributed by atoms with van der Waals surface area (Å²) in [5.74, 6) is 0.797. The van der Waals surface area contributed by atoms with Gasteiger partial charge in [0, 0.05) is 5.39 Å². The summed E-state index contributed by atoms with van der Waals surface area (Å²) >= 11 is 0. The number of carbonyl (C=O) groups is 2. The van der Waals surface area contributed by atoms with Crippen LogP contribution in [0, 0.1) is 6.92 Å². The van der Waals surface area contributed by atoms with E-state index in [0.717, 1.165) is 41.3 Å². The fraction of sp³-hybridized carbons (Fsp3) is 0.522. The highest BCUT2D eigenvalue weighted by atomic mass is 16.5. The van der Waals surface area contributed by atoms with Gasteiger partial charge in [-0.1, -0.05) is 47.6 Å². The van der Waals surface area contributed by atoms with Crippen molar-refractivity contribution in [3.05, 3.63) is 35.5 Å². The second kappa shape index (κ2) is 18.0. The summed E-state index contributed by atoms with van der Waals surface area (Å²) in [6, 6.07) is 7.69. The Bertz CT molecular complexity index is 667. The molecule has 1 aromatic heterocycles. The molecule has 28 heavy (non-hydrogen) atoms. The number of benzene rings is 1. The van der Waals surface area contributed by atoms with Crippen LogP contribution in [0.15, 0.2) is 24.3 Å². The van der Waals surface area contributed by atoms with Crippen molar-refractivity contribution in [1.82, 2.24) is 4.98 Å². The van der Waals surface area contributed by atoms with Crippen LogP contribution in [0.25, 0.3) is 10.9 Å². The third-order valence-electron chi connectivity index (χ3n) is 3.10. The van der Waals surface area contributed by atoms with Crippen LogP contribution in [0.3, 0.4) is 0 Å². The summed E-state index contributed by atoms with van der Waals surface area (Å²) in [7, 11) is 0. The molecule has 5 heteroatoms. The molecule has 0 unspecified atom stereocenters. The Balaban J connectivity index is 0. The number of aryl methyl sites for hydroxylation is 1. The second-order valence-electron chi connectivity index (χ2n) is 5.06. The molecule has 5 nitrogen and oxygen atoms in total. The average Bonchev–Trinajstić information content (AvgIpc) is 3.57. The molecule has 2 aromatic rings. The van der Waals surface area contributed by atoms with Gasteiger partial charge in [0.25, 0.3) is 6.47 Å². The lowest BCUT2D eigenvalue weighted by molar-refractivity contribution is -0.128. The van der Waals surface area contributed by atoms with Gasteiger partial charge >= 0.3 is 0 Å². The summed E-state index contributed by atoms with van der Waals surface area (Å²) in [6.07, 6.45) is 3.33. The van der Waals surface area contributed by atoms with Gasteiger partial charge in [0.15, 0.2) is 6.29 Å². The van der Waals surface area contributed by atoms with Crippen molar-refractivity contribution in [3.8, 4) is 5.75 Å². The number of aldehydes is 1. The lowest BCUT2D eigenvalue weighted by Gasteiger charge is -2.09. The maximum absolute atomic E-state index is 10.8. The molecule has 1 aliphatic rings. The Labute approximate surface area is 170 Å². The van der Waals surface area contributed by atoms with Gasteiger partial charge in [-0.15, -0.1) is 0 Å². The molecule has 1 saturated carbocycles. The van der Waals surface area contributed by atoms with Crippen LogP contribution >= 0.6 is 0 Å². The maximum Gasteiger partial charge on any atom is 0.293 e. The number of carbonyl (C=O) groups excluding carboxylic acids is 2. The van der Waals surface area contributed by atoms with Gasteiger partial charge in [0.2, 0.25) is 0 Å². The SMILES string of the molecule is CC.CC.CC.CCOC=O.Cc1cc(OC2CC2)c2nc(C=O)ccc2c1. The van der Waals surface area contributed by atoms with Gasteiger partial charge in [-0.05, 0) is 50.5 Å². The van der Waals surface area contributed by atoms with Crippen molar-refractivity contribution in [2.45, 2.75) is 74.3 Å². The van der Waals surface area contributed by atoms with Gasteiger partial charge in [-0.2, -0.15) is 0 Å². The predicted octanol–water partition coefficient (Wildman–Crippen LogP) is 6.15. The average molecular weight is 392 g/mol. The number of fused-ring (bicyclic) bond motifs is 1. The molecule has 158 valence electrons. The van der Waals surface area contributed by atoms with E-state index < -0.39 is 0 Å². The zero-order valence-electron chi connectivity index (χ0n) is 18.7. The Morgan fingerprint density at radius 1 is 1.04 bits per heavy atom. The summed E-state index contributed by atoms with van der Waals surface area (Å²) < 4.78 is 9.99. The summed E-state index contributed by atoms with van der Waals surface area (Å²) in [4.78, 5) is 24.3. The molecule has 0 aliphatic heterocycles. The Morgan fingerprint density at radius 2 is 1.64 bits per heavy atom. The number of hydrogen-bond acceptors (Lipinski definition) is 5. The number of hydrogen-bond donors (Lipinski definition) is 0. The van der Waals surface area contributed by atoms with Crippen LogP contribution < -0.4 is 4.74 Å². The Morgan fingerprint density at radius 3 is 2.07 bits per heavy atom. The van der Waals surface area contributed by atoms with Crippen LogP contribution in [0.1, 0.15) is 77.4 Å². The van der Waals surface area contributed by atoms with E-state index in [1.165, 1.54) is 0 Å². The fourth-order valence-electron chi connectivity index (χ4n) is 1.95. The van der Waals surface area contributed by atoms with Gasteiger partial charge in [-0.25, -0.2) is 4.98 Å². The largest absolute Gasteiger partial charge is 0.488 e. The van der Waals surface area contributed by atoms with Gasteiger partial charge < -0.3 is 9.47 Å². The van der Waals surface area contributed by atoms with E-state index in [-0.39, 0.29) is 0 Å².